The zero-order valence-corrected chi connectivity index (χ0v) is 10.6. The lowest BCUT2D eigenvalue weighted by Crippen LogP contribution is -2.14. The van der Waals surface area contributed by atoms with E-state index in [1.807, 2.05) is 0 Å². The third kappa shape index (κ3) is 3.85. The minimum absolute atomic E-state index is 0.113. The number of nitrogens with zero attached hydrogens (tertiary/aromatic N) is 1. The van der Waals surface area contributed by atoms with Crippen molar-refractivity contribution in [3.8, 4) is 0 Å². The quantitative estimate of drug-likeness (QED) is 0.587. The van der Waals surface area contributed by atoms with Crippen LogP contribution in [0.2, 0.25) is 5.15 Å². The smallest absolute Gasteiger partial charge is 0.339 e. The van der Waals surface area contributed by atoms with Gasteiger partial charge in [0.1, 0.15) is 16.5 Å². The molecule has 0 radical (unpaired) electrons. The van der Waals surface area contributed by atoms with Crippen LogP contribution in [0.5, 0.6) is 0 Å². The maximum absolute atomic E-state index is 11.0. The highest BCUT2D eigenvalue weighted by Crippen LogP contribution is 2.28. The summed E-state index contributed by atoms with van der Waals surface area (Å²) in [5, 5.41) is 12.2. The average Bonchev–Trinajstić information content (AvgIpc) is 3.12. The highest BCUT2D eigenvalue weighted by molar-refractivity contribution is 6.29. The van der Waals surface area contributed by atoms with E-state index in [-0.39, 0.29) is 16.5 Å². The monoisotopic (exact) mass is 270 g/mol. The van der Waals surface area contributed by atoms with Gasteiger partial charge in [-0.1, -0.05) is 11.6 Å². The lowest BCUT2D eigenvalue weighted by Gasteiger charge is -2.09. The number of rotatable bonds is 7. The van der Waals surface area contributed by atoms with Crippen LogP contribution in [0.1, 0.15) is 23.2 Å². The van der Waals surface area contributed by atoms with Crippen molar-refractivity contribution in [3.05, 3.63) is 22.8 Å². The van der Waals surface area contributed by atoms with Crippen LogP contribution in [0, 0.1) is 5.92 Å². The molecule has 0 unspecified atom stereocenters. The molecule has 1 fully saturated rings. The Morgan fingerprint density at radius 1 is 1.56 bits per heavy atom. The van der Waals surface area contributed by atoms with Gasteiger partial charge >= 0.3 is 5.97 Å². The summed E-state index contributed by atoms with van der Waals surface area (Å²) in [5.41, 5.74) is 0.113. The molecular formula is C12H15ClN2O3. The Bertz CT molecular complexity index is 435. The van der Waals surface area contributed by atoms with E-state index in [0.717, 1.165) is 12.5 Å². The predicted molar refractivity (Wildman–Crippen MR) is 68.2 cm³/mol. The van der Waals surface area contributed by atoms with E-state index in [0.29, 0.717) is 13.2 Å². The van der Waals surface area contributed by atoms with Crippen LogP contribution in [0.3, 0.4) is 0 Å². The second kappa shape index (κ2) is 6.02. The van der Waals surface area contributed by atoms with Crippen molar-refractivity contribution in [1.29, 1.82) is 0 Å². The number of hydrogen-bond acceptors (Lipinski definition) is 4. The average molecular weight is 271 g/mol. The number of carbonyl (C=O) groups is 1. The molecule has 1 aliphatic rings. The first kappa shape index (κ1) is 13.1. The zero-order chi connectivity index (χ0) is 13.0. The fourth-order valence-corrected chi connectivity index (χ4v) is 1.67. The SMILES string of the molecule is O=C(O)c1ccc(Cl)nc1NCCOCC1CC1. The molecule has 0 amide bonds. The van der Waals surface area contributed by atoms with Crippen molar-refractivity contribution in [2.45, 2.75) is 12.8 Å². The van der Waals surface area contributed by atoms with Gasteiger partial charge in [0, 0.05) is 13.2 Å². The van der Waals surface area contributed by atoms with Gasteiger partial charge in [0.15, 0.2) is 0 Å². The van der Waals surface area contributed by atoms with Crippen LogP contribution < -0.4 is 5.32 Å². The number of carboxylic acid groups (broad SMARTS) is 1. The van der Waals surface area contributed by atoms with Gasteiger partial charge in [-0.15, -0.1) is 0 Å². The second-order valence-electron chi connectivity index (χ2n) is 4.28. The number of aromatic carboxylic acids is 1. The van der Waals surface area contributed by atoms with Gasteiger partial charge < -0.3 is 15.2 Å². The number of halogens is 1. The number of nitrogens with one attached hydrogen (secondary N) is 1. The molecule has 0 spiro atoms. The minimum atomic E-state index is -1.03. The van der Waals surface area contributed by atoms with E-state index in [1.54, 1.807) is 0 Å². The van der Waals surface area contributed by atoms with Gasteiger partial charge in [-0.3, -0.25) is 0 Å². The van der Waals surface area contributed by atoms with Crippen molar-refractivity contribution in [1.82, 2.24) is 4.98 Å². The Morgan fingerprint density at radius 2 is 2.33 bits per heavy atom. The van der Waals surface area contributed by atoms with Crippen LogP contribution in [0.25, 0.3) is 0 Å². The van der Waals surface area contributed by atoms with Crippen LogP contribution >= 0.6 is 11.6 Å². The molecule has 2 rings (SSSR count). The molecule has 0 aliphatic heterocycles. The number of pyridine rings is 1. The van der Waals surface area contributed by atoms with Gasteiger partial charge in [-0.25, -0.2) is 9.78 Å². The van der Waals surface area contributed by atoms with E-state index in [4.69, 9.17) is 21.4 Å². The molecule has 1 aromatic rings. The first-order valence-corrected chi connectivity index (χ1v) is 6.26. The normalized spacial score (nSPS) is 14.5. The molecule has 0 bridgehead atoms. The Labute approximate surface area is 110 Å². The molecular weight excluding hydrogens is 256 g/mol. The summed E-state index contributed by atoms with van der Waals surface area (Å²) in [4.78, 5) is 14.9. The van der Waals surface area contributed by atoms with E-state index in [2.05, 4.69) is 10.3 Å². The largest absolute Gasteiger partial charge is 0.478 e. The summed E-state index contributed by atoms with van der Waals surface area (Å²) in [7, 11) is 0. The molecule has 1 aromatic heterocycles. The number of hydrogen-bond donors (Lipinski definition) is 2. The molecule has 6 heteroatoms. The van der Waals surface area contributed by atoms with Gasteiger partial charge in [0.2, 0.25) is 0 Å². The molecule has 1 heterocycles. The standard InChI is InChI=1S/C12H15ClN2O3/c13-10-4-3-9(12(16)17)11(15-10)14-5-6-18-7-8-1-2-8/h3-4,8H,1-2,5-7H2,(H,14,15)(H,16,17). The van der Waals surface area contributed by atoms with Gasteiger partial charge in [0.25, 0.3) is 0 Å². The first-order chi connectivity index (χ1) is 8.66. The molecule has 98 valence electrons. The van der Waals surface area contributed by atoms with Gasteiger partial charge in [0.05, 0.1) is 6.61 Å². The Kier molecular flexibility index (Phi) is 4.38. The van der Waals surface area contributed by atoms with Crippen molar-refractivity contribution < 1.29 is 14.6 Å². The van der Waals surface area contributed by atoms with E-state index >= 15 is 0 Å². The summed E-state index contributed by atoms with van der Waals surface area (Å²) in [6.07, 6.45) is 2.51. The molecule has 5 nitrogen and oxygen atoms in total. The van der Waals surface area contributed by atoms with Crippen LogP contribution in [0.4, 0.5) is 5.82 Å². The molecule has 1 saturated carbocycles. The van der Waals surface area contributed by atoms with Crippen molar-refractivity contribution in [2.24, 2.45) is 5.92 Å². The molecule has 1 aliphatic carbocycles. The fraction of sp³-hybridized carbons (Fsp3) is 0.500. The van der Waals surface area contributed by atoms with Crippen LogP contribution in [-0.4, -0.2) is 35.8 Å². The molecule has 0 saturated heterocycles. The fourth-order valence-electron chi connectivity index (χ4n) is 1.52. The van der Waals surface area contributed by atoms with E-state index in [9.17, 15) is 4.79 Å². The summed E-state index contributed by atoms with van der Waals surface area (Å²) in [6, 6.07) is 2.89. The predicted octanol–water partition coefficient (Wildman–Crippen LogP) is 2.27. The number of anilines is 1. The van der Waals surface area contributed by atoms with Crippen molar-refractivity contribution in [2.75, 3.05) is 25.1 Å². The highest BCUT2D eigenvalue weighted by Gasteiger charge is 2.20. The molecule has 0 atom stereocenters. The van der Waals surface area contributed by atoms with Gasteiger partial charge in [-0.05, 0) is 30.9 Å². The number of ether oxygens (including phenoxy) is 1. The lowest BCUT2D eigenvalue weighted by molar-refractivity contribution is 0.0697. The Balaban J connectivity index is 1.82. The van der Waals surface area contributed by atoms with Gasteiger partial charge in [-0.2, -0.15) is 0 Å². The molecule has 2 N–H and O–H groups in total. The number of carboxylic acids is 1. The maximum atomic E-state index is 11.0. The summed E-state index contributed by atoms with van der Waals surface area (Å²) >= 11 is 5.74. The first-order valence-electron chi connectivity index (χ1n) is 5.88. The maximum Gasteiger partial charge on any atom is 0.339 e. The lowest BCUT2D eigenvalue weighted by atomic mass is 10.2. The number of aromatic nitrogens is 1. The summed E-state index contributed by atoms with van der Waals surface area (Å²) in [5.74, 6) is -0.0190. The Hall–Kier alpha value is -1.33. The summed E-state index contributed by atoms with van der Waals surface area (Å²) < 4.78 is 5.44. The van der Waals surface area contributed by atoms with Crippen LogP contribution in [-0.2, 0) is 4.74 Å². The third-order valence-electron chi connectivity index (χ3n) is 2.68. The van der Waals surface area contributed by atoms with Crippen LogP contribution in [0.15, 0.2) is 12.1 Å². The second-order valence-corrected chi connectivity index (χ2v) is 4.67. The minimum Gasteiger partial charge on any atom is -0.478 e. The van der Waals surface area contributed by atoms with Crippen molar-refractivity contribution >= 4 is 23.4 Å². The molecule has 18 heavy (non-hydrogen) atoms. The summed E-state index contributed by atoms with van der Waals surface area (Å²) in [6.45, 7) is 1.83. The zero-order valence-electron chi connectivity index (χ0n) is 9.86. The topological polar surface area (TPSA) is 71.5 Å². The highest BCUT2D eigenvalue weighted by atomic mass is 35.5. The van der Waals surface area contributed by atoms with E-state index < -0.39 is 5.97 Å². The van der Waals surface area contributed by atoms with Crippen molar-refractivity contribution in [3.63, 3.8) is 0 Å². The Morgan fingerprint density at radius 3 is 3.00 bits per heavy atom. The van der Waals surface area contributed by atoms with E-state index in [1.165, 1.54) is 25.0 Å². The third-order valence-corrected chi connectivity index (χ3v) is 2.89. The molecule has 0 aromatic carbocycles.